The quantitative estimate of drug-likeness (QED) is 0.295. The standard InChI is InChI=1S/C17H16N4O8S2.Na/c22-15(19-6-3-9-1-4-18-5-2-9)12-7-10-11-8-20(13(16(23)24)14(10)30-12)17(25)21(11)29-31(26,27)28;/h1-2,4-5,7,11,13H,3,6,8H2,(H,19,22)(H,23,24)(H,26,27,28);/q;+1/p-1/t11-,13+;/m1./s1. The zero-order valence-electron chi connectivity index (χ0n) is 16.6. The fourth-order valence-corrected chi connectivity index (χ4v) is 5.17. The van der Waals surface area contributed by atoms with Crippen LogP contribution in [0.15, 0.2) is 30.6 Å². The minimum Gasteiger partial charge on any atom is -0.547 e. The van der Waals surface area contributed by atoms with Gasteiger partial charge in [-0.3, -0.25) is 14.3 Å². The number of carboxylic acid groups (broad SMARTS) is 1. The molecule has 2 aromatic heterocycles. The Kier molecular flexibility index (Phi) is 7.24. The molecular formula is C17H15N4NaO8S2. The van der Waals surface area contributed by atoms with Crippen molar-refractivity contribution in [2.45, 2.75) is 18.5 Å². The third-order valence-corrected chi connectivity index (χ3v) is 6.42. The summed E-state index contributed by atoms with van der Waals surface area (Å²) in [6.45, 7) is 0.112. The zero-order valence-corrected chi connectivity index (χ0v) is 20.3. The van der Waals surface area contributed by atoms with Crippen molar-refractivity contribution in [1.29, 1.82) is 0 Å². The molecule has 0 saturated carbocycles. The molecule has 2 aliphatic heterocycles. The number of hydroxylamine groups is 2. The van der Waals surface area contributed by atoms with Gasteiger partial charge in [-0.05, 0) is 35.7 Å². The molecule has 0 radical (unpaired) electrons. The molecule has 2 N–H and O–H groups in total. The number of carbonyl (C=O) groups excluding carboxylic acids is 3. The molecule has 0 aromatic carbocycles. The maximum absolute atomic E-state index is 12.6. The number of aliphatic carboxylic acids is 1. The first kappa shape index (κ1) is 24.6. The van der Waals surface area contributed by atoms with E-state index in [4.69, 9.17) is 4.55 Å². The van der Waals surface area contributed by atoms with E-state index >= 15 is 0 Å². The fraction of sp³-hybridized carbons (Fsp3) is 0.294. The summed E-state index contributed by atoms with van der Waals surface area (Å²) in [5.41, 5.74) is 1.21. The summed E-state index contributed by atoms with van der Waals surface area (Å²) >= 11 is 0.865. The normalized spacial score (nSPS) is 19.3. The number of pyridine rings is 1. The van der Waals surface area contributed by atoms with Crippen LogP contribution in [0.3, 0.4) is 0 Å². The number of nitrogens with zero attached hydrogens (tertiary/aromatic N) is 3. The fourth-order valence-electron chi connectivity index (χ4n) is 3.56. The minimum absolute atomic E-state index is 0. The maximum Gasteiger partial charge on any atom is 1.00 e. The predicted octanol–water partition coefficient (Wildman–Crippen LogP) is -3.56. The number of rotatable bonds is 7. The Morgan fingerprint density at radius 1 is 1.34 bits per heavy atom. The molecule has 2 atom stereocenters. The third-order valence-electron chi connectivity index (χ3n) is 4.87. The molecule has 164 valence electrons. The number of aromatic nitrogens is 1. The molecule has 2 bridgehead atoms. The molecule has 0 spiro atoms. The SMILES string of the molecule is O=C(NCCc1ccncc1)c1cc2c(s1)[C@@H](C(=O)[O-])N1C[C@H]2N(OS(=O)(=O)O)C1=O.[Na+]. The van der Waals surface area contributed by atoms with Crippen molar-refractivity contribution < 1.29 is 66.3 Å². The number of fused-ring (bicyclic) bond motifs is 4. The Morgan fingerprint density at radius 3 is 2.66 bits per heavy atom. The number of nitrogens with one attached hydrogen (secondary N) is 1. The molecule has 1 fully saturated rings. The Hall–Kier alpha value is -2.07. The molecule has 0 aliphatic carbocycles. The predicted molar refractivity (Wildman–Crippen MR) is 102 cm³/mol. The van der Waals surface area contributed by atoms with Crippen LogP contribution in [-0.2, 0) is 25.9 Å². The third kappa shape index (κ3) is 4.80. The van der Waals surface area contributed by atoms with Crippen molar-refractivity contribution in [3.63, 3.8) is 0 Å². The van der Waals surface area contributed by atoms with Crippen molar-refractivity contribution in [2.24, 2.45) is 0 Å². The van der Waals surface area contributed by atoms with Gasteiger partial charge in [-0.25, -0.2) is 4.79 Å². The van der Waals surface area contributed by atoms with Crippen LogP contribution in [0, 0.1) is 0 Å². The molecule has 12 nitrogen and oxygen atoms in total. The second-order valence-corrected chi connectivity index (χ2v) is 8.88. The second-order valence-electron chi connectivity index (χ2n) is 6.79. The van der Waals surface area contributed by atoms with Gasteiger partial charge in [0, 0.05) is 23.8 Å². The van der Waals surface area contributed by atoms with E-state index in [0.717, 1.165) is 21.8 Å². The van der Waals surface area contributed by atoms with E-state index in [0.29, 0.717) is 18.0 Å². The van der Waals surface area contributed by atoms with E-state index in [2.05, 4.69) is 14.6 Å². The molecule has 15 heteroatoms. The Balaban J connectivity index is 0.00000289. The number of hydrogen-bond acceptors (Lipinski definition) is 9. The molecular weight excluding hydrogens is 475 g/mol. The van der Waals surface area contributed by atoms with Gasteiger partial charge >= 0.3 is 46.0 Å². The van der Waals surface area contributed by atoms with Crippen LogP contribution < -0.4 is 40.0 Å². The van der Waals surface area contributed by atoms with Crippen molar-refractivity contribution >= 4 is 39.6 Å². The van der Waals surface area contributed by atoms with E-state index in [9.17, 15) is 27.9 Å². The summed E-state index contributed by atoms with van der Waals surface area (Å²) in [7, 11) is -5.03. The van der Waals surface area contributed by atoms with Crippen LogP contribution in [0.2, 0.25) is 0 Å². The summed E-state index contributed by atoms with van der Waals surface area (Å²) < 4.78 is 35.6. The summed E-state index contributed by atoms with van der Waals surface area (Å²) in [5, 5.41) is 14.8. The monoisotopic (exact) mass is 490 g/mol. The van der Waals surface area contributed by atoms with Gasteiger partial charge in [0.15, 0.2) is 0 Å². The average molecular weight is 490 g/mol. The number of thiophene rings is 1. The van der Waals surface area contributed by atoms with Gasteiger partial charge in [0.25, 0.3) is 5.91 Å². The van der Waals surface area contributed by atoms with E-state index < -0.39 is 40.4 Å². The van der Waals surface area contributed by atoms with E-state index in [1.165, 1.54) is 6.07 Å². The molecule has 3 amide bonds. The molecule has 2 aliphatic rings. The van der Waals surface area contributed by atoms with Crippen LogP contribution in [0.5, 0.6) is 0 Å². The molecule has 0 unspecified atom stereocenters. The van der Waals surface area contributed by atoms with Gasteiger partial charge in [-0.15, -0.1) is 15.6 Å². The summed E-state index contributed by atoms with van der Waals surface area (Å²) in [4.78, 5) is 41.8. The van der Waals surface area contributed by atoms with Crippen LogP contribution in [0.1, 0.15) is 37.8 Å². The van der Waals surface area contributed by atoms with Gasteiger partial charge in [0.05, 0.1) is 17.4 Å². The Bertz CT molecular complexity index is 1160. The molecule has 4 rings (SSSR count). The van der Waals surface area contributed by atoms with Crippen LogP contribution >= 0.6 is 11.3 Å². The number of carbonyl (C=O) groups is 3. The molecule has 4 heterocycles. The van der Waals surface area contributed by atoms with Crippen molar-refractivity contribution in [1.82, 2.24) is 20.3 Å². The van der Waals surface area contributed by atoms with Crippen molar-refractivity contribution in [3.8, 4) is 0 Å². The Labute approximate surface area is 208 Å². The summed E-state index contributed by atoms with van der Waals surface area (Å²) in [5.74, 6) is -2.04. The van der Waals surface area contributed by atoms with Crippen molar-refractivity contribution in [2.75, 3.05) is 13.1 Å². The van der Waals surface area contributed by atoms with E-state index in [-0.39, 0.29) is 51.4 Å². The first-order valence-electron chi connectivity index (χ1n) is 8.94. The van der Waals surface area contributed by atoms with Gasteiger partial charge < -0.3 is 20.1 Å². The molecule has 32 heavy (non-hydrogen) atoms. The average Bonchev–Trinajstić information content (AvgIpc) is 3.25. The van der Waals surface area contributed by atoms with Gasteiger partial charge in [-0.2, -0.15) is 13.5 Å². The number of urea groups is 1. The van der Waals surface area contributed by atoms with Gasteiger partial charge in [0.1, 0.15) is 12.1 Å². The van der Waals surface area contributed by atoms with E-state index in [1.807, 2.05) is 12.1 Å². The Morgan fingerprint density at radius 2 is 2.03 bits per heavy atom. The topological polar surface area (TPSA) is 169 Å². The minimum atomic E-state index is -5.03. The second kappa shape index (κ2) is 9.43. The number of hydrogen-bond donors (Lipinski definition) is 2. The van der Waals surface area contributed by atoms with Crippen LogP contribution in [-0.4, -0.2) is 58.9 Å². The number of amides is 3. The number of carboxylic acids is 1. The van der Waals surface area contributed by atoms with Gasteiger partial charge in [0.2, 0.25) is 0 Å². The largest absolute Gasteiger partial charge is 1.00 e. The van der Waals surface area contributed by atoms with Crippen LogP contribution in [0.25, 0.3) is 0 Å². The molecule has 2 aromatic rings. The molecule has 1 saturated heterocycles. The maximum atomic E-state index is 12.6. The summed E-state index contributed by atoms with van der Waals surface area (Å²) in [6.07, 6.45) is 3.83. The van der Waals surface area contributed by atoms with Crippen LogP contribution in [0.4, 0.5) is 4.79 Å². The zero-order chi connectivity index (χ0) is 22.3. The first-order chi connectivity index (χ1) is 14.7. The summed E-state index contributed by atoms with van der Waals surface area (Å²) in [6, 6.07) is 1.42. The van der Waals surface area contributed by atoms with Gasteiger partial charge in [-0.1, -0.05) is 0 Å². The smallest absolute Gasteiger partial charge is 0.547 e. The van der Waals surface area contributed by atoms with Crippen molar-refractivity contribution in [3.05, 3.63) is 51.5 Å². The van der Waals surface area contributed by atoms with E-state index in [1.54, 1.807) is 12.4 Å². The first-order valence-corrected chi connectivity index (χ1v) is 11.1.